The van der Waals surface area contributed by atoms with E-state index < -0.39 is 5.60 Å². The number of benzene rings is 2. The Morgan fingerprint density at radius 2 is 1.76 bits per heavy atom. The molecule has 0 radical (unpaired) electrons. The highest BCUT2D eigenvalue weighted by Gasteiger charge is 2.37. The van der Waals surface area contributed by atoms with E-state index in [1.807, 2.05) is 11.8 Å². The summed E-state index contributed by atoms with van der Waals surface area (Å²) in [5.74, 6) is 0.410. The Hall–Kier alpha value is -2.49. The second-order valence-corrected chi connectivity index (χ2v) is 10.6. The van der Waals surface area contributed by atoms with Crippen LogP contribution in [-0.4, -0.2) is 27.9 Å². The Morgan fingerprint density at radius 1 is 1.00 bits per heavy atom. The number of likely N-dealkylation sites (N-methyl/N-ethyl adjacent to an activating group) is 1. The number of aryl methyl sites for hydroxylation is 1. The Morgan fingerprint density at radius 3 is 2.48 bits per heavy atom. The number of allylic oxidation sites excluding steroid dienone is 3. The third kappa shape index (κ3) is 3.82. The van der Waals surface area contributed by atoms with Gasteiger partial charge in [0.25, 0.3) is 0 Å². The lowest BCUT2D eigenvalue weighted by atomic mass is 9.82. The van der Waals surface area contributed by atoms with Crippen molar-refractivity contribution in [2.75, 3.05) is 7.05 Å². The third-order valence-electron chi connectivity index (χ3n) is 7.61. The zero-order valence-corrected chi connectivity index (χ0v) is 20.8. The van der Waals surface area contributed by atoms with Crippen LogP contribution in [-0.2, 0) is 0 Å². The van der Waals surface area contributed by atoms with Crippen LogP contribution in [0.4, 0.5) is 0 Å². The maximum atomic E-state index is 11.2. The normalized spacial score (nSPS) is 23.8. The van der Waals surface area contributed by atoms with Gasteiger partial charge in [0.15, 0.2) is 0 Å². The number of rotatable bonds is 5. The standard InChI is InChI=1S/C30H33NOS/c1-5-30(32,6-2)23-16-17-31(4)26(19-23)28-20(3)12-14-25-24-15-13-22(18-27(24)33-29(25)28)21-10-8-7-9-11-21/h7-19,24,26-27,32H,5-6H2,1-4H3. The van der Waals surface area contributed by atoms with Gasteiger partial charge in [-0.05, 0) is 65.4 Å². The second kappa shape index (κ2) is 8.70. The van der Waals surface area contributed by atoms with Crippen molar-refractivity contribution in [3.05, 3.63) is 107 Å². The predicted molar refractivity (Wildman–Crippen MR) is 140 cm³/mol. The van der Waals surface area contributed by atoms with Gasteiger partial charge in [-0.15, -0.1) is 11.8 Å². The van der Waals surface area contributed by atoms with Gasteiger partial charge in [-0.1, -0.05) is 80.6 Å². The first-order valence-electron chi connectivity index (χ1n) is 12.1. The lowest BCUT2D eigenvalue weighted by Gasteiger charge is -2.36. The van der Waals surface area contributed by atoms with E-state index in [0.717, 1.165) is 18.4 Å². The van der Waals surface area contributed by atoms with Crippen molar-refractivity contribution >= 4 is 17.3 Å². The molecule has 2 nitrogen and oxygen atoms in total. The Kier molecular flexibility index (Phi) is 5.88. The van der Waals surface area contributed by atoms with Gasteiger partial charge in [-0.25, -0.2) is 0 Å². The van der Waals surface area contributed by atoms with Crippen LogP contribution >= 0.6 is 11.8 Å². The maximum absolute atomic E-state index is 11.2. The molecule has 0 saturated carbocycles. The van der Waals surface area contributed by atoms with E-state index in [9.17, 15) is 5.11 Å². The van der Waals surface area contributed by atoms with Gasteiger partial charge in [0.1, 0.15) is 0 Å². The molecule has 3 aliphatic rings. The zero-order chi connectivity index (χ0) is 23.2. The number of aliphatic hydroxyl groups is 1. The fourth-order valence-electron chi connectivity index (χ4n) is 5.37. The SMILES string of the molecule is CCC(O)(CC)C1=CC(c2c(C)ccc3c2SC2C=C(c4ccccc4)C=CC32)N(C)C=C1. The van der Waals surface area contributed by atoms with Crippen LogP contribution in [0.2, 0.25) is 0 Å². The minimum absolute atomic E-state index is 0.124. The molecule has 170 valence electrons. The van der Waals surface area contributed by atoms with Crippen molar-refractivity contribution in [1.29, 1.82) is 0 Å². The summed E-state index contributed by atoms with van der Waals surface area (Å²) in [6.45, 7) is 6.37. The maximum Gasteiger partial charge on any atom is 0.0889 e. The van der Waals surface area contributed by atoms with E-state index in [1.54, 1.807) is 0 Å². The first kappa shape index (κ1) is 22.3. The van der Waals surface area contributed by atoms with Crippen LogP contribution in [0.15, 0.2) is 89.5 Å². The first-order valence-corrected chi connectivity index (χ1v) is 12.9. The fraction of sp³-hybridized carbons (Fsp3) is 0.333. The molecule has 5 rings (SSSR count). The number of nitrogens with zero attached hydrogens (tertiary/aromatic N) is 1. The minimum Gasteiger partial charge on any atom is -0.385 e. The minimum atomic E-state index is -0.765. The molecule has 33 heavy (non-hydrogen) atoms. The van der Waals surface area contributed by atoms with Crippen molar-refractivity contribution in [2.45, 2.75) is 61.3 Å². The quantitative estimate of drug-likeness (QED) is 0.516. The Balaban J connectivity index is 1.54. The number of hydrogen-bond acceptors (Lipinski definition) is 3. The van der Waals surface area contributed by atoms with Gasteiger partial charge in [0.2, 0.25) is 0 Å². The van der Waals surface area contributed by atoms with Crippen LogP contribution in [0, 0.1) is 6.92 Å². The van der Waals surface area contributed by atoms with Crippen LogP contribution in [0.5, 0.6) is 0 Å². The summed E-state index contributed by atoms with van der Waals surface area (Å²) < 4.78 is 0. The van der Waals surface area contributed by atoms with E-state index in [2.05, 4.69) is 112 Å². The summed E-state index contributed by atoms with van der Waals surface area (Å²) in [4.78, 5) is 3.70. The molecule has 0 saturated heterocycles. The van der Waals surface area contributed by atoms with Crippen molar-refractivity contribution in [1.82, 2.24) is 4.90 Å². The zero-order valence-electron chi connectivity index (χ0n) is 20.0. The first-order chi connectivity index (χ1) is 15.9. The summed E-state index contributed by atoms with van der Waals surface area (Å²) in [5.41, 5.74) is 7.00. The number of fused-ring (bicyclic) bond motifs is 3. The van der Waals surface area contributed by atoms with Gasteiger partial charge < -0.3 is 10.0 Å². The van der Waals surface area contributed by atoms with Gasteiger partial charge in [-0.3, -0.25) is 0 Å². The molecule has 0 fully saturated rings. The number of thioether (sulfide) groups is 1. The summed E-state index contributed by atoms with van der Waals surface area (Å²) in [7, 11) is 2.14. The highest BCUT2D eigenvalue weighted by Crippen LogP contribution is 2.53. The molecule has 2 heterocycles. The van der Waals surface area contributed by atoms with Crippen molar-refractivity contribution in [2.24, 2.45) is 0 Å². The smallest absolute Gasteiger partial charge is 0.0889 e. The monoisotopic (exact) mass is 455 g/mol. The van der Waals surface area contributed by atoms with E-state index >= 15 is 0 Å². The molecule has 2 aromatic rings. The molecule has 3 atom stereocenters. The molecule has 1 N–H and O–H groups in total. The van der Waals surface area contributed by atoms with Gasteiger partial charge >= 0.3 is 0 Å². The fourth-order valence-corrected chi connectivity index (χ4v) is 6.99. The molecular weight excluding hydrogens is 422 g/mol. The molecule has 0 amide bonds. The molecule has 2 aromatic carbocycles. The predicted octanol–water partition coefficient (Wildman–Crippen LogP) is 7.18. The van der Waals surface area contributed by atoms with E-state index in [-0.39, 0.29) is 6.04 Å². The van der Waals surface area contributed by atoms with Crippen molar-refractivity contribution < 1.29 is 5.11 Å². The second-order valence-electron chi connectivity index (χ2n) is 9.46. The molecule has 0 spiro atoms. The summed E-state index contributed by atoms with van der Waals surface area (Å²) >= 11 is 2.01. The highest BCUT2D eigenvalue weighted by molar-refractivity contribution is 8.00. The Labute approximate surface area is 202 Å². The molecule has 0 bridgehead atoms. The van der Waals surface area contributed by atoms with Crippen molar-refractivity contribution in [3.8, 4) is 0 Å². The van der Waals surface area contributed by atoms with Gasteiger partial charge in [-0.2, -0.15) is 0 Å². The number of hydrogen-bond donors (Lipinski definition) is 1. The highest BCUT2D eigenvalue weighted by atomic mass is 32.2. The summed E-state index contributed by atoms with van der Waals surface area (Å²) in [5, 5.41) is 11.6. The van der Waals surface area contributed by atoms with E-state index in [1.165, 1.54) is 32.7 Å². The molecule has 1 aliphatic carbocycles. The average Bonchev–Trinajstić information content (AvgIpc) is 3.22. The average molecular weight is 456 g/mol. The van der Waals surface area contributed by atoms with Crippen LogP contribution in [0.3, 0.4) is 0 Å². The summed E-state index contributed by atoms with van der Waals surface area (Å²) in [6.07, 6.45) is 15.1. The molecule has 3 unspecified atom stereocenters. The Bertz CT molecular complexity index is 1170. The van der Waals surface area contributed by atoms with Crippen LogP contribution in [0.25, 0.3) is 5.57 Å². The summed E-state index contributed by atoms with van der Waals surface area (Å²) in [6, 6.07) is 15.4. The lowest BCUT2D eigenvalue weighted by Crippen LogP contribution is -2.32. The van der Waals surface area contributed by atoms with Crippen LogP contribution < -0.4 is 0 Å². The largest absolute Gasteiger partial charge is 0.385 e. The molecule has 0 aromatic heterocycles. The van der Waals surface area contributed by atoms with Crippen LogP contribution in [0.1, 0.15) is 60.9 Å². The molecule has 3 heteroatoms. The van der Waals surface area contributed by atoms with Gasteiger partial charge in [0.05, 0.1) is 11.6 Å². The topological polar surface area (TPSA) is 23.5 Å². The van der Waals surface area contributed by atoms with Gasteiger partial charge in [0, 0.05) is 23.1 Å². The van der Waals surface area contributed by atoms with E-state index in [4.69, 9.17) is 0 Å². The van der Waals surface area contributed by atoms with Crippen molar-refractivity contribution in [3.63, 3.8) is 0 Å². The molecular formula is C30H33NOS. The van der Waals surface area contributed by atoms with E-state index in [0.29, 0.717) is 11.2 Å². The lowest BCUT2D eigenvalue weighted by molar-refractivity contribution is 0.0718. The third-order valence-corrected chi connectivity index (χ3v) is 9.01. The molecule has 2 aliphatic heterocycles.